The van der Waals surface area contributed by atoms with Gasteiger partial charge in [0.25, 0.3) is 0 Å². The first kappa shape index (κ1) is 10.1. The van der Waals surface area contributed by atoms with E-state index in [0.29, 0.717) is 11.4 Å². The molecule has 80 valence electrons. The number of carbonyl (C=O) groups excluding carboxylic acids is 1. The minimum Gasteiger partial charge on any atom is -0.397 e. The summed E-state index contributed by atoms with van der Waals surface area (Å²) in [7, 11) is 0. The van der Waals surface area contributed by atoms with Crippen molar-refractivity contribution in [1.29, 1.82) is 0 Å². The molecule has 3 nitrogen and oxygen atoms in total. The predicted molar refractivity (Wildman–Crippen MR) is 59.6 cm³/mol. The van der Waals surface area contributed by atoms with Gasteiger partial charge in [-0.1, -0.05) is 19.3 Å². The molecule has 0 spiro atoms. The molecule has 0 aliphatic heterocycles. The fourth-order valence-corrected chi connectivity index (χ4v) is 2.18. The molecule has 0 radical (unpaired) electrons. The molecule has 15 heavy (non-hydrogen) atoms. The van der Waals surface area contributed by atoms with Crippen LogP contribution in [0.4, 0.5) is 5.69 Å². The van der Waals surface area contributed by atoms with Gasteiger partial charge in [-0.25, -0.2) is 0 Å². The number of Topliss-reactive ketones (excluding diaryl/α,β-unsaturated/α-hetero) is 1. The van der Waals surface area contributed by atoms with E-state index >= 15 is 0 Å². The SMILES string of the molecule is Nc1cccnc1C(=O)C1CCCCC1. The quantitative estimate of drug-likeness (QED) is 0.753. The van der Waals surface area contributed by atoms with Crippen LogP contribution < -0.4 is 5.73 Å². The van der Waals surface area contributed by atoms with Gasteiger partial charge in [-0.05, 0) is 25.0 Å². The Morgan fingerprint density at radius 2 is 2.07 bits per heavy atom. The third kappa shape index (κ3) is 2.17. The highest BCUT2D eigenvalue weighted by atomic mass is 16.1. The molecule has 1 aliphatic carbocycles. The molecule has 0 saturated heterocycles. The molecule has 1 aromatic heterocycles. The van der Waals surface area contributed by atoms with Crippen molar-refractivity contribution in [2.45, 2.75) is 32.1 Å². The second-order valence-electron chi connectivity index (χ2n) is 4.14. The van der Waals surface area contributed by atoms with Gasteiger partial charge in [-0.3, -0.25) is 9.78 Å². The van der Waals surface area contributed by atoms with Crippen molar-refractivity contribution in [1.82, 2.24) is 4.98 Å². The maximum absolute atomic E-state index is 12.1. The maximum atomic E-state index is 12.1. The van der Waals surface area contributed by atoms with Crippen LogP contribution in [-0.4, -0.2) is 10.8 Å². The molecule has 3 heteroatoms. The molecule has 1 aromatic rings. The first-order valence-corrected chi connectivity index (χ1v) is 5.54. The lowest BCUT2D eigenvalue weighted by molar-refractivity contribution is 0.0885. The van der Waals surface area contributed by atoms with Crippen molar-refractivity contribution in [3.05, 3.63) is 24.0 Å². The minimum absolute atomic E-state index is 0.132. The Bertz CT molecular complexity index is 356. The number of carbonyl (C=O) groups is 1. The van der Waals surface area contributed by atoms with E-state index in [-0.39, 0.29) is 11.7 Å². The number of nitrogens with two attached hydrogens (primary N) is 1. The second kappa shape index (κ2) is 4.43. The standard InChI is InChI=1S/C12H16N2O/c13-10-7-4-8-14-11(10)12(15)9-5-2-1-3-6-9/h4,7-9H,1-3,5-6,13H2. The second-order valence-corrected chi connectivity index (χ2v) is 4.14. The first-order chi connectivity index (χ1) is 7.29. The third-order valence-electron chi connectivity index (χ3n) is 3.05. The van der Waals surface area contributed by atoms with E-state index in [9.17, 15) is 4.79 Å². The largest absolute Gasteiger partial charge is 0.397 e. The molecule has 1 fully saturated rings. The van der Waals surface area contributed by atoms with Crippen LogP contribution in [0.25, 0.3) is 0 Å². The van der Waals surface area contributed by atoms with Crippen LogP contribution in [0.1, 0.15) is 42.6 Å². The number of hydrogen-bond donors (Lipinski definition) is 1. The minimum atomic E-state index is 0.132. The van der Waals surface area contributed by atoms with Gasteiger partial charge in [0.05, 0.1) is 5.69 Å². The Kier molecular flexibility index (Phi) is 2.99. The molecular formula is C12H16N2O. The molecule has 2 rings (SSSR count). The molecule has 1 heterocycles. The summed E-state index contributed by atoms with van der Waals surface area (Å²) < 4.78 is 0. The summed E-state index contributed by atoms with van der Waals surface area (Å²) >= 11 is 0. The summed E-state index contributed by atoms with van der Waals surface area (Å²) in [6.45, 7) is 0. The highest BCUT2D eigenvalue weighted by Crippen LogP contribution is 2.27. The lowest BCUT2D eigenvalue weighted by Crippen LogP contribution is -2.20. The molecule has 2 N–H and O–H groups in total. The van der Waals surface area contributed by atoms with Crippen LogP contribution in [0, 0.1) is 5.92 Å². The van der Waals surface area contributed by atoms with Crippen molar-refractivity contribution in [2.75, 3.05) is 5.73 Å². The number of pyridine rings is 1. The van der Waals surface area contributed by atoms with Gasteiger partial charge in [0, 0.05) is 12.1 Å². The Morgan fingerprint density at radius 3 is 2.73 bits per heavy atom. The van der Waals surface area contributed by atoms with Crippen molar-refractivity contribution in [2.24, 2.45) is 5.92 Å². The Balaban J connectivity index is 2.16. The van der Waals surface area contributed by atoms with E-state index < -0.39 is 0 Å². The van der Waals surface area contributed by atoms with Gasteiger partial charge in [0.15, 0.2) is 5.78 Å². The molecule has 1 saturated carbocycles. The summed E-state index contributed by atoms with van der Waals surface area (Å²) in [6.07, 6.45) is 7.18. The van der Waals surface area contributed by atoms with Crippen LogP contribution >= 0.6 is 0 Å². The van der Waals surface area contributed by atoms with Crippen LogP contribution in [-0.2, 0) is 0 Å². The van der Waals surface area contributed by atoms with E-state index in [4.69, 9.17) is 5.73 Å². The van der Waals surface area contributed by atoms with E-state index in [1.807, 2.05) is 0 Å². The van der Waals surface area contributed by atoms with Gasteiger partial charge in [0.2, 0.25) is 0 Å². The van der Waals surface area contributed by atoms with Gasteiger partial charge >= 0.3 is 0 Å². The zero-order valence-corrected chi connectivity index (χ0v) is 8.78. The smallest absolute Gasteiger partial charge is 0.186 e. The summed E-state index contributed by atoms with van der Waals surface area (Å²) in [4.78, 5) is 16.2. The molecule has 0 bridgehead atoms. The lowest BCUT2D eigenvalue weighted by atomic mass is 9.85. The molecule has 0 atom stereocenters. The summed E-state index contributed by atoms with van der Waals surface area (Å²) in [6, 6.07) is 3.50. The van der Waals surface area contributed by atoms with Gasteiger partial charge < -0.3 is 5.73 Å². The zero-order chi connectivity index (χ0) is 10.7. The molecule has 0 amide bonds. The summed E-state index contributed by atoms with van der Waals surface area (Å²) in [5, 5.41) is 0. The van der Waals surface area contributed by atoms with Crippen molar-refractivity contribution >= 4 is 11.5 Å². The predicted octanol–water partition coefficient (Wildman–Crippen LogP) is 2.43. The fraction of sp³-hybridized carbons (Fsp3) is 0.500. The first-order valence-electron chi connectivity index (χ1n) is 5.54. The highest BCUT2D eigenvalue weighted by molar-refractivity contribution is 6.00. The zero-order valence-electron chi connectivity index (χ0n) is 8.78. The Hall–Kier alpha value is -1.38. The lowest BCUT2D eigenvalue weighted by Gasteiger charge is -2.20. The van der Waals surface area contributed by atoms with Crippen molar-refractivity contribution < 1.29 is 4.79 Å². The van der Waals surface area contributed by atoms with E-state index in [1.165, 1.54) is 6.42 Å². The average Bonchev–Trinajstić information content (AvgIpc) is 2.30. The number of rotatable bonds is 2. The Morgan fingerprint density at radius 1 is 1.33 bits per heavy atom. The van der Waals surface area contributed by atoms with Gasteiger partial charge in [-0.15, -0.1) is 0 Å². The number of ketones is 1. The number of hydrogen-bond acceptors (Lipinski definition) is 3. The molecule has 0 unspecified atom stereocenters. The van der Waals surface area contributed by atoms with E-state index in [1.54, 1.807) is 18.3 Å². The number of aromatic nitrogens is 1. The van der Waals surface area contributed by atoms with Gasteiger partial charge in [-0.2, -0.15) is 0 Å². The maximum Gasteiger partial charge on any atom is 0.186 e. The highest BCUT2D eigenvalue weighted by Gasteiger charge is 2.24. The number of nitrogen functional groups attached to an aromatic ring is 1. The average molecular weight is 204 g/mol. The van der Waals surface area contributed by atoms with Crippen LogP contribution in [0.15, 0.2) is 18.3 Å². The summed E-state index contributed by atoms with van der Waals surface area (Å²) in [5.41, 5.74) is 6.71. The van der Waals surface area contributed by atoms with Crippen LogP contribution in [0.2, 0.25) is 0 Å². The topological polar surface area (TPSA) is 56.0 Å². The third-order valence-corrected chi connectivity index (χ3v) is 3.05. The number of nitrogens with zero attached hydrogens (tertiary/aromatic N) is 1. The molecular weight excluding hydrogens is 188 g/mol. The van der Waals surface area contributed by atoms with Crippen LogP contribution in [0.5, 0.6) is 0 Å². The fourth-order valence-electron chi connectivity index (χ4n) is 2.18. The van der Waals surface area contributed by atoms with E-state index in [0.717, 1.165) is 25.7 Å². The molecule has 0 aromatic carbocycles. The molecule has 1 aliphatic rings. The van der Waals surface area contributed by atoms with Gasteiger partial charge in [0.1, 0.15) is 5.69 Å². The van der Waals surface area contributed by atoms with E-state index in [2.05, 4.69) is 4.98 Å². The Labute approximate surface area is 89.7 Å². The van der Waals surface area contributed by atoms with Crippen molar-refractivity contribution in [3.63, 3.8) is 0 Å². The van der Waals surface area contributed by atoms with Crippen LogP contribution in [0.3, 0.4) is 0 Å². The van der Waals surface area contributed by atoms with Crippen molar-refractivity contribution in [3.8, 4) is 0 Å². The monoisotopic (exact) mass is 204 g/mol. The number of anilines is 1. The normalized spacial score (nSPS) is 17.6. The summed E-state index contributed by atoms with van der Waals surface area (Å²) in [5.74, 6) is 0.281.